The second-order valence-electron chi connectivity index (χ2n) is 5.91. The zero-order valence-corrected chi connectivity index (χ0v) is 14.0. The summed E-state index contributed by atoms with van der Waals surface area (Å²) in [5, 5.41) is 4.07. The van der Waals surface area contributed by atoms with Crippen molar-refractivity contribution in [3.63, 3.8) is 0 Å². The molecule has 1 aliphatic rings. The normalized spacial score (nSPS) is 18.6. The third-order valence-electron chi connectivity index (χ3n) is 4.27. The Balaban J connectivity index is 0.00000192. The molecule has 3 N–H and O–H groups in total. The molecule has 23 heavy (non-hydrogen) atoms. The van der Waals surface area contributed by atoms with Crippen LogP contribution in [0.4, 0.5) is 0 Å². The number of para-hydroxylation sites is 1. The maximum absolute atomic E-state index is 12.1. The highest BCUT2D eigenvalue weighted by Crippen LogP contribution is 2.24. The summed E-state index contributed by atoms with van der Waals surface area (Å²) < 4.78 is 5.60. The predicted molar refractivity (Wildman–Crippen MR) is 93.5 cm³/mol. The topological polar surface area (TPSA) is 71.5 Å². The number of amides is 1. The molecule has 0 bridgehead atoms. The van der Waals surface area contributed by atoms with E-state index in [1.54, 1.807) is 0 Å². The average molecular weight is 338 g/mol. The minimum atomic E-state index is 0. The molecule has 2 aromatic rings. The van der Waals surface area contributed by atoms with Gasteiger partial charge < -0.3 is 15.5 Å². The van der Waals surface area contributed by atoms with Crippen LogP contribution in [0.2, 0.25) is 0 Å². The molecule has 1 aromatic carbocycles. The number of rotatable bonds is 5. The molecule has 5 nitrogen and oxygen atoms in total. The summed E-state index contributed by atoms with van der Waals surface area (Å²) in [7, 11) is 0. The van der Waals surface area contributed by atoms with Crippen molar-refractivity contribution in [3.05, 3.63) is 36.1 Å². The second kappa shape index (κ2) is 8.34. The number of hydrogen-bond donors (Lipinski definition) is 2. The van der Waals surface area contributed by atoms with Crippen molar-refractivity contribution in [1.82, 2.24) is 10.2 Å². The molecule has 1 atom stereocenters. The van der Waals surface area contributed by atoms with Crippen molar-refractivity contribution in [2.45, 2.75) is 19.4 Å². The van der Waals surface area contributed by atoms with Gasteiger partial charge in [0.1, 0.15) is 5.58 Å². The quantitative estimate of drug-likeness (QED) is 0.877. The maximum Gasteiger partial charge on any atom is 0.224 e. The molecule has 1 aromatic heterocycles. The lowest BCUT2D eigenvalue weighted by Crippen LogP contribution is -2.43. The summed E-state index contributed by atoms with van der Waals surface area (Å²) in [6, 6.07) is 8.08. The first-order valence-corrected chi connectivity index (χ1v) is 7.93. The fraction of sp³-hybridized carbons (Fsp3) is 0.471. The maximum atomic E-state index is 12.1. The summed E-state index contributed by atoms with van der Waals surface area (Å²) >= 11 is 0. The van der Waals surface area contributed by atoms with Gasteiger partial charge in [0.25, 0.3) is 0 Å². The first-order chi connectivity index (χ1) is 10.8. The van der Waals surface area contributed by atoms with Crippen LogP contribution in [0.1, 0.15) is 18.4 Å². The highest BCUT2D eigenvalue weighted by molar-refractivity contribution is 5.85. The molecule has 0 aliphatic carbocycles. The van der Waals surface area contributed by atoms with E-state index in [0.29, 0.717) is 13.1 Å². The van der Waals surface area contributed by atoms with Gasteiger partial charge in [-0.3, -0.25) is 9.69 Å². The molecule has 1 fully saturated rings. The number of carbonyl (C=O) groups excluding carboxylic acids is 1. The Kier molecular flexibility index (Phi) is 6.45. The summed E-state index contributed by atoms with van der Waals surface area (Å²) in [5.74, 6) is 0.200. The van der Waals surface area contributed by atoms with Crippen LogP contribution in [0.25, 0.3) is 11.0 Å². The Morgan fingerprint density at radius 2 is 2.22 bits per heavy atom. The van der Waals surface area contributed by atoms with Crippen LogP contribution in [0.5, 0.6) is 0 Å². The highest BCUT2D eigenvalue weighted by Gasteiger charge is 2.26. The average Bonchev–Trinajstić information content (AvgIpc) is 2.96. The number of benzene rings is 1. The van der Waals surface area contributed by atoms with Crippen molar-refractivity contribution >= 4 is 29.3 Å². The zero-order valence-electron chi connectivity index (χ0n) is 13.2. The summed E-state index contributed by atoms with van der Waals surface area (Å²) in [5.41, 5.74) is 7.56. The van der Waals surface area contributed by atoms with Gasteiger partial charge in [0.2, 0.25) is 5.91 Å². The molecule has 2 heterocycles. The van der Waals surface area contributed by atoms with Gasteiger partial charge in [0.05, 0.1) is 12.2 Å². The number of furan rings is 1. The lowest BCUT2D eigenvalue weighted by atomic mass is 9.96. The molecule has 1 aliphatic heterocycles. The Hall–Kier alpha value is -1.56. The predicted octanol–water partition coefficient (Wildman–Crippen LogP) is 2.14. The Morgan fingerprint density at radius 3 is 3.04 bits per heavy atom. The number of piperidine rings is 1. The number of nitrogens with two attached hydrogens (primary N) is 1. The third-order valence-corrected chi connectivity index (χ3v) is 4.27. The van der Waals surface area contributed by atoms with Crippen LogP contribution < -0.4 is 11.1 Å². The number of nitrogens with one attached hydrogen (secondary N) is 1. The van der Waals surface area contributed by atoms with E-state index < -0.39 is 0 Å². The Morgan fingerprint density at radius 1 is 1.39 bits per heavy atom. The summed E-state index contributed by atoms with van der Waals surface area (Å²) in [6.45, 7) is 3.71. The lowest BCUT2D eigenvalue weighted by Gasteiger charge is -2.31. The van der Waals surface area contributed by atoms with Crippen molar-refractivity contribution in [2.75, 3.05) is 26.2 Å². The summed E-state index contributed by atoms with van der Waals surface area (Å²) in [4.78, 5) is 14.4. The minimum Gasteiger partial charge on any atom is -0.464 e. The zero-order chi connectivity index (χ0) is 15.4. The van der Waals surface area contributed by atoms with E-state index in [2.05, 4.69) is 16.3 Å². The molecule has 0 saturated carbocycles. The fourth-order valence-corrected chi connectivity index (χ4v) is 3.15. The van der Waals surface area contributed by atoms with Crippen molar-refractivity contribution in [1.29, 1.82) is 0 Å². The third kappa shape index (κ3) is 4.25. The molecule has 1 saturated heterocycles. The van der Waals surface area contributed by atoms with Gasteiger partial charge in [0, 0.05) is 37.1 Å². The Labute approximate surface area is 142 Å². The van der Waals surface area contributed by atoms with Crippen LogP contribution in [0.15, 0.2) is 34.9 Å². The number of nitrogens with zero attached hydrogens (tertiary/aromatic N) is 1. The molecule has 6 heteroatoms. The number of fused-ring (bicyclic) bond motifs is 1. The fourth-order valence-electron chi connectivity index (χ4n) is 3.15. The molecule has 0 spiro atoms. The molecule has 1 unspecified atom stereocenters. The van der Waals surface area contributed by atoms with Crippen LogP contribution in [-0.4, -0.2) is 37.0 Å². The monoisotopic (exact) mass is 337 g/mol. The van der Waals surface area contributed by atoms with Gasteiger partial charge in [-0.25, -0.2) is 0 Å². The number of halogens is 1. The van der Waals surface area contributed by atoms with Crippen LogP contribution in [-0.2, 0) is 11.3 Å². The molecular weight excluding hydrogens is 314 g/mol. The second-order valence-corrected chi connectivity index (χ2v) is 5.91. The van der Waals surface area contributed by atoms with Gasteiger partial charge in [-0.05, 0) is 25.5 Å². The van der Waals surface area contributed by atoms with E-state index in [4.69, 9.17) is 10.2 Å². The van der Waals surface area contributed by atoms with Crippen molar-refractivity contribution in [2.24, 2.45) is 11.7 Å². The lowest BCUT2D eigenvalue weighted by molar-refractivity contribution is -0.126. The number of likely N-dealkylation sites (tertiary alicyclic amines) is 1. The molecule has 3 rings (SSSR count). The van der Waals surface area contributed by atoms with Crippen LogP contribution >= 0.6 is 12.4 Å². The summed E-state index contributed by atoms with van der Waals surface area (Å²) in [6.07, 6.45) is 3.85. The smallest absolute Gasteiger partial charge is 0.224 e. The van der Waals surface area contributed by atoms with Gasteiger partial charge >= 0.3 is 0 Å². The van der Waals surface area contributed by atoms with Gasteiger partial charge in [-0.1, -0.05) is 18.2 Å². The number of carbonyl (C=O) groups is 1. The first-order valence-electron chi connectivity index (χ1n) is 7.93. The molecular formula is C17H24ClN3O2. The van der Waals surface area contributed by atoms with E-state index >= 15 is 0 Å². The van der Waals surface area contributed by atoms with E-state index in [-0.39, 0.29) is 24.2 Å². The van der Waals surface area contributed by atoms with E-state index in [0.717, 1.165) is 43.4 Å². The van der Waals surface area contributed by atoms with Gasteiger partial charge in [-0.15, -0.1) is 12.4 Å². The number of hydrogen-bond acceptors (Lipinski definition) is 4. The van der Waals surface area contributed by atoms with E-state index in [9.17, 15) is 4.79 Å². The van der Waals surface area contributed by atoms with Crippen LogP contribution in [0.3, 0.4) is 0 Å². The molecule has 126 valence electrons. The van der Waals surface area contributed by atoms with E-state index in [1.807, 2.05) is 24.5 Å². The SMILES string of the molecule is Cl.NCCNC(=O)C1CCCN(Cc2coc3ccccc23)C1. The van der Waals surface area contributed by atoms with Crippen LogP contribution in [0, 0.1) is 5.92 Å². The van der Waals surface area contributed by atoms with Gasteiger partial charge in [-0.2, -0.15) is 0 Å². The minimum absolute atomic E-state index is 0. The highest BCUT2D eigenvalue weighted by atomic mass is 35.5. The van der Waals surface area contributed by atoms with Crippen molar-refractivity contribution in [3.8, 4) is 0 Å². The van der Waals surface area contributed by atoms with Gasteiger partial charge in [0.15, 0.2) is 0 Å². The molecule has 0 radical (unpaired) electrons. The van der Waals surface area contributed by atoms with E-state index in [1.165, 1.54) is 5.56 Å². The standard InChI is InChI=1S/C17H23N3O2.ClH/c18-7-8-19-17(21)13-4-3-9-20(10-13)11-14-12-22-16-6-2-1-5-15(14)16;/h1-2,5-6,12-13H,3-4,7-11,18H2,(H,19,21);1H. The largest absolute Gasteiger partial charge is 0.464 e. The Bertz CT molecular complexity index is 644. The van der Waals surface area contributed by atoms with Crippen molar-refractivity contribution < 1.29 is 9.21 Å². The first kappa shape index (κ1) is 17.8. The molecule has 1 amide bonds.